The van der Waals surface area contributed by atoms with Crippen LogP contribution in [0.25, 0.3) is 0 Å². The molecule has 1 aliphatic heterocycles. The molecule has 1 aromatic heterocycles. The van der Waals surface area contributed by atoms with Crippen LogP contribution >= 0.6 is 0 Å². The number of pyridine rings is 1. The van der Waals surface area contributed by atoms with Gasteiger partial charge >= 0.3 is 0 Å². The molecule has 6 heteroatoms. The Bertz CT molecular complexity index is 489. The number of aliphatic hydroxyl groups is 1. The monoisotopic (exact) mass is 334 g/mol. The largest absolute Gasteiger partial charge is 0.386 e. The molecule has 6 nitrogen and oxygen atoms in total. The summed E-state index contributed by atoms with van der Waals surface area (Å²) >= 11 is 0. The molecular formula is C18H30N4O2. The van der Waals surface area contributed by atoms with Gasteiger partial charge in [0.25, 0.3) is 0 Å². The normalized spacial score (nSPS) is 17.5. The van der Waals surface area contributed by atoms with Crippen molar-refractivity contribution in [3.05, 3.63) is 30.1 Å². The fraction of sp³-hybridized carbons (Fsp3) is 0.667. The quantitative estimate of drug-likeness (QED) is 0.588. The van der Waals surface area contributed by atoms with E-state index in [1.807, 2.05) is 12.1 Å². The van der Waals surface area contributed by atoms with Gasteiger partial charge in [-0.2, -0.15) is 0 Å². The fourth-order valence-corrected chi connectivity index (χ4v) is 2.85. The lowest BCUT2D eigenvalue weighted by molar-refractivity contribution is 0.0625. The van der Waals surface area contributed by atoms with Gasteiger partial charge in [0.1, 0.15) is 0 Å². The molecule has 1 fully saturated rings. The molecule has 2 rings (SSSR count). The van der Waals surface area contributed by atoms with Crippen molar-refractivity contribution in [2.45, 2.75) is 32.3 Å². The topological polar surface area (TPSA) is 70.0 Å². The summed E-state index contributed by atoms with van der Waals surface area (Å²) < 4.78 is 5.42. The van der Waals surface area contributed by atoms with Crippen LogP contribution in [0, 0.1) is 5.92 Å². The van der Waals surface area contributed by atoms with E-state index in [0.717, 1.165) is 63.0 Å². The molecule has 24 heavy (non-hydrogen) atoms. The zero-order valence-corrected chi connectivity index (χ0v) is 14.8. The predicted molar refractivity (Wildman–Crippen MR) is 96.0 cm³/mol. The van der Waals surface area contributed by atoms with Crippen molar-refractivity contribution in [2.24, 2.45) is 10.9 Å². The molecule has 0 bridgehead atoms. The van der Waals surface area contributed by atoms with E-state index in [2.05, 4.69) is 34.2 Å². The number of nitrogens with zero attached hydrogens (tertiary/aromatic N) is 3. The number of aliphatic imine (C=N–C) groups is 1. The highest BCUT2D eigenvalue weighted by atomic mass is 16.5. The van der Waals surface area contributed by atoms with Crippen LogP contribution in [0.2, 0.25) is 0 Å². The Morgan fingerprint density at radius 2 is 2.12 bits per heavy atom. The van der Waals surface area contributed by atoms with Gasteiger partial charge < -0.3 is 20.1 Å². The number of aromatic nitrogens is 1. The van der Waals surface area contributed by atoms with Crippen molar-refractivity contribution in [1.29, 1.82) is 0 Å². The first-order valence-corrected chi connectivity index (χ1v) is 8.86. The Balaban J connectivity index is 1.86. The first-order valence-electron chi connectivity index (χ1n) is 8.86. The second kappa shape index (κ2) is 10.3. The third kappa shape index (κ3) is 6.09. The fourth-order valence-electron chi connectivity index (χ4n) is 2.85. The molecular weight excluding hydrogens is 304 g/mol. The smallest absolute Gasteiger partial charge is 0.193 e. The third-order valence-electron chi connectivity index (χ3n) is 4.41. The van der Waals surface area contributed by atoms with Crippen LogP contribution in [0.1, 0.15) is 37.9 Å². The molecule has 1 unspecified atom stereocenters. The molecule has 1 aromatic rings. The van der Waals surface area contributed by atoms with Gasteiger partial charge in [0.05, 0.1) is 12.6 Å². The summed E-state index contributed by atoms with van der Waals surface area (Å²) in [4.78, 5) is 10.7. The number of guanidine groups is 1. The lowest BCUT2D eigenvalue weighted by atomic mass is 9.96. The highest BCUT2D eigenvalue weighted by Crippen LogP contribution is 2.18. The number of nitrogens with one attached hydrogen (secondary N) is 1. The van der Waals surface area contributed by atoms with Crippen molar-refractivity contribution in [2.75, 3.05) is 39.9 Å². The van der Waals surface area contributed by atoms with Crippen molar-refractivity contribution in [3.63, 3.8) is 0 Å². The highest BCUT2D eigenvalue weighted by molar-refractivity contribution is 5.79. The summed E-state index contributed by atoms with van der Waals surface area (Å²) in [6.07, 6.45) is 6.23. The lowest BCUT2D eigenvalue weighted by Crippen LogP contribution is -2.40. The Kier molecular flexibility index (Phi) is 7.98. The Hall–Kier alpha value is -1.66. The van der Waals surface area contributed by atoms with Crippen molar-refractivity contribution >= 4 is 5.96 Å². The summed E-state index contributed by atoms with van der Waals surface area (Å²) in [5, 5.41) is 13.6. The summed E-state index contributed by atoms with van der Waals surface area (Å²) in [6, 6.07) is 3.64. The van der Waals surface area contributed by atoms with Crippen molar-refractivity contribution in [1.82, 2.24) is 15.2 Å². The average molecular weight is 334 g/mol. The zero-order chi connectivity index (χ0) is 17.2. The molecule has 0 aromatic carbocycles. The molecule has 0 radical (unpaired) electrons. The van der Waals surface area contributed by atoms with Gasteiger partial charge in [0.15, 0.2) is 5.96 Å². The second-order valence-electron chi connectivity index (χ2n) is 6.26. The molecule has 2 N–H and O–H groups in total. The maximum atomic E-state index is 10.3. The number of hydrogen-bond donors (Lipinski definition) is 2. The van der Waals surface area contributed by atoms with E-state index in [1.54, 1.807) is 12.4 Å². The van der Waals surface area contributed by atoms with Gasteiger partial charge in [-0.15, -0.1) is 0 Å². The summed E-state index contributed by atoms with van der Waals surface area (Å²) in [5.74, 6) is 1.59. The summed E-state index contributed by atoms with van der Waals surface area (Å²) in [5.41, 5.74) is 0.842. The molecule has 1 saturated heterocycles. The lowest BCUT2D eigenvalue weighted by Gasteiger charge is -2.27. The third-order valence-corrected chi connectivity index (χ3v) is 4.41. The molecule has 0 saturated carbocycles. The van der Waals surface area contributed by atoms with E-state index < -0.39 is 6.10 Å². The molecule has 1 aliphatic rings. The number of rotatable bonds is 7. The van der Waals surface area contributed by atoms with E-state index in [1.165, 1.54) is 0 Å². The van der Waals surface area contributed by atoms with Gasteiger partial charge in [0, 0.05) is 45.7 Å². The average Bonchev–Trinajstić information content (AvgIpc) is 2.64. The van der Waals surface area contributed by atoms with Gasteiger partial charge in [-0.25, -0.2) is 0 Å². The number of ether oxygens (including phenoxy) is 1. The summed E-state index contributed by atoms with van der Waals surface area (Å²) in [7, 11) is 2.06. The van der Waals surface area contributed by atoms with Crippen LogP contribution < -0.4 is 5.32 Å². The number of aliphatic hydroxyl groups excluding tert-OH is 1. The maximum Gasteiger partial charge on any atom is 0.193 e. The van der Waals surface area contributed by atoms with Crippen molar-refractivity contribution in [3.8, 4) is 0 Å². The SMILES string of the molecule is CCNC(=NCC(O)c1ccncc1)N(C)CCC1CCOCC1. The summed E-state index contributed by atoms with van der Waals surface area (Å²) in [6.45, 7) is 5.95. The van der Waals surface area contributed by atoms with Gasteiger partial charge in [-0.05, 0) is 49.8 Å². The van der Waals surface area contributed by atoms with Crippen LogP contribution in [0.4, 0.5) is 0 Å². The minimum absolute atomic E-state index is 0.341. The van der Waals surface area contributed by atoms with Gasteiger partial charge in [-0.1, -0.05) is 0 Å². The van der Waals surface area contributed by atoms with Crippen LogP contribution in [0.15, 0.2) is 29.5 Å². The van der Waals surface area contributed by atoms with E-state index in [0.29, 0.717) is 6.54 Å². The molecule has 134 valence electrons. The first-order chi connectivity index (χ1) is 11.7. The molecule has 2 heterocycles. The number of hydrogen-bond acceptors (Lipinski definition) is 4. The Morgan fingerprint density at radius 3 is 2.79 bits per heavy atom. The second-order valence-corrected chi connectivity index (χ2v) is 6.26. The zero-order valence-electron chi connectivity index (χ0n) is 14.8. The van der Waals surface area contributed by atoms with Gasteiger partial charge in [0.2, 0.25) is 0 Å². The Labute approximate surface area is 145 Å². The van der Waals surface area contributed by atoms with E-state index in [-0.39, 0.29) is 0 Å². The molecule has 0 spiro atoms. The molecule has 1 atom stereocenters. The van der Waals surface area contributed by atoms with E-state index >= 15 is 0 Å². The molecule has 0 aliphatic carbocycles. The van der Waals surface area contributed by atoms with Crippen LogP contribution in [0.5, 0.6) is 0 Å². The van der Waals surface area contributed by atoms with Gasteiger partial charge in [-0.3, -0.25) is 9.98 Å². The minimum atomic E-state index is -0.606. The van der Waals surface area contributed by atoms with Crippen LogP contribution in [-0.4, -0.2) is 60.8 Å². The van der Waals surface area contributed by atoms with Crippen molar-refractivity contribution < 1.29 is 9.84 Å². The van der Waals surface area contributed by atoms with E-state index in [4.69, 9.17) is 4.74 Å². The first kappa shape index (κ1) is 18.7. The van der Waals surface area contributed by atoms with Crippen LogP contribution in [0.3, 0.4) is 0 Å². The predicted octanol–water partition coefficient (Wildman–Crippen LogP) is 1.83. The highest BCUT2D eigenvalue weighted by Gasteiger charge is 2.15. The maximum absolute atomic E-state index is 10.3. The standard InChI is InChI=1S/C18H30N4O2/c1-3-20-18(21-14-17(23)16-4-9-19-10-5-16)22(2)11-6-15-7-12-24-13-8-15/h4-5,9-10,15,17,23H,3,6-8,11-14H2,1-2H3,(H,20,21). The molecule has 0 amide bonds. The van der Waals surface area contributed by atoms with Crippen LogP contribution in [-0.2, 0) is 4.74 Å². The minimum Gasteiger partial charge on any atom is -0.386 e. The Morgan fingerprint density at radius 1 is 1.42 bits per heavy atom. The van der Waals surface area contributed by atoms with E-state index in [9.17, 15) is 5.11 Å².